The third-order valence-electron chi connectivity index (χ3n) is 0.752. The lowest BCUT2D eigenvalue weighted by Gasteiger charge is -1.91. The molecule has 0 aliphatic heterocycles. The van der Waals surface area contributed by atoms with Crippen molar-refractivity contribution >= 4 is 16.1 Å². The largest absolute Gasteiger partial charge is 0.245 e. The standard InChI is InChI=1S/C6H9NO2S/c1-4-5-7-6(2)10(3,8)9/h4-5H,1-2H2,3H3/b7-5-. The van der Waals surface area contributed by atoms with Gasteiger partial charge in [-0.25, -0.2) is 13.4 Å². The molecule has 0 atom stereocenters. The van der Waals surface area contributed by atoms with E-state index in [0.29, 0.717) is 0 Å². The van der Waals surface area contributed by atoms with Crippen LogP contribution in [0.25, 0.3) is 0 Å². The topological polar surface area (TPSA) is 46.5 Å². The third kappa shape index (κ3) is 3.19. The van der Waals surface area contributed by atoms with Gasteiger partial charge in [0.05, 0.1) is 0 Å². The van der Waals surface area contributed by atoms with Crippen LogP contribution in [0.4, 0.5) is 0 Å². The number of allylic oxidation sites excluding steroid dienone is 1. The Morgan fingerprint density at radius 3 is 2.40 bits per heavy atom. The van der Waals surface area contributed by atoms with Gasteiger partial charge in [0.2, 0.25) is 0 Å². The van der Waals surface area contributed by atoms with Crippen molar-refractivity contribution in [1.29, 1.82) is 0 Å². The van der Waals surface area contributed by atoms with Crippen LogP contribution in [0.2, 0.25) is 0 Å². The zero-order valence-corrected chi connectivity index (χ0v) is 6.56. The predicted octanol–water partition coefficient (Wildman–Crippen LogP) is 0.759. The molecule has 0 spiro atoms. The van der Waals surface area contributed by atoms with Crippen molar-refractivity contribution in [3.05, 3.63) is 24.3 Å². The van der Waals surface area contributed by atoms with Crippen molar-refractivity contribution in [1.82, 2.24) is 0 Å². The van der Waals surface area contributed by atoms with Gasteiger partial charge in [0.25, 0.3) is 0 Å². The maximum absolute atomic E-state index is 10.6. The molecular formula is C6H9NO2S. The van der Waals surface area contributed by atoms with E-state index in [-0.39, 0.29) is 5.03 Å². The molecule has 56 valence electrons. The van der Waals surface area contributed by atoms with Gasteiger partial charge >= 0.3 is 0 Å². The van der Waals surface area contributed by atoms with Crippen LogP contribution >= 0.6 is 0 Å². The fourth-order valence-electron chi connectivity index (χ4n) is 0.232. The summed E-state index contributed by atoms with van der Waals surface area (Å²) >= 11 is 0. The van der Waals surface area contributed by atoms with E-state index < -0.39 is 9.84 Å². The Hall–Kier alpha value is -0.900. The molecule has 0 N–H and O–H groups in total. The van der Waals surface area contributed by atoms with Gasteiger partial charge in [0.15, 0.2) is 9.84 Å². The minimum absolute atomic E-state index is 0.146. The van der Waals surface area contributed by atoms with Gasteiger partial charge < -0.3 is 0 Å². The molecule has 0 aliphatic carbocycles. The molecule has 0 fully saturated rings. The molecule has 0 aromatic carbocycles. The summed E-state index contributed by atoms with van der Waals surface area (Å²) in [7, 11) is -3.22. The molecule has 0 rings (SSSR count). The molecule has 0 aromatic heterocycles. The third-order valence-corrected chi connectivity index (χ3v) is 1.71. The Labute approximate surface area is 60.7 Å². The normalized spacial score (nSPS) is 11.7. The van der Waals surface area contributed by atoms with E-state index in [1.54, 1.807) is 0 Å². The molecule has 0 saturated carbocycles. The first-order valence-corrected chi connectivity index (χ1v) is 4.41. The van der Waals surface area contributed by atoms with Crippen molar-refractivity contribution in [2.24, 2.45) is 4.99 Å². The number of rotatable bonds is 3. The van der Waals surface area contributed by atoms with Crippen molar-refractivity contribution in [3.63, 3.8) is 0 Å². The second kappa shape index (κ2) is 3.31. The lowest BCUT2D eigenvalue weighted by molar-refractivity contribution is 0.607. The van der Waals surface area contributed by atoms with Gasteiger partial charge in [0, 0.05) is 12.5 Å². The Balaban J connectivity index is 4.42. The molecule has 4 heteroatoms. The van der Waals surface area contributed by atoms with Crippen LogP contribution in [0, 0.1) is 0 Å². The lowest BCUT2D eigenvalue weighted by Crippen LogP contribution is -1.96. The Bertz CT molecular complexity index is 261. The highest BCUT2D eigenvalue weighted by Crippen LogP contribution is 2.00. The summed E-state index contributed by atoms with van der Waals surface area (Å²) < 4.78 is 21.2. The minimum atomic E-state index is -3.22. The maximum Gasteiger partial charge on any atom is 0.192 e. The summed E-state index contributed by atoms with van der Waals surface area (Å²) in [5.74, 6) is 0. The monoisotopic (exact) mass is 159 g/mol. The molecule has 10 heavy (non-hydrogen) atoms. The molecule has 0 aromatic rings. The van der Waals surface area contributed by atoms with E-state index in [0.717, 1.165) is 6.26 Å². The molecule has 0 bridgehead atoms. The number of sulfone groups is 1. The molecule has 0 radical (unpaired) electrons. The van der Waals surface area contributed by atoms with Crippen molar-refractivity contribution < 1.29 is 8.42 Å². The summed E-state index contributed by atoms with van der Waals surface area (Å²) in [5.41, 5.74) is 0. The molecule has 0 aliphatic rings. The van der Waals surface area contributed by atoms with Gasteiger partial charge in [-0.3, -0.25) is 0 Å². The van der Waals surface area contributed by atoms with E-state index >= 15 is 0 Å². The first-order chi connectivity index (χ1) is 4.48. The Kier molecular flexibility index (Phi) is 3.02. The Morgan fingerprint density at radius 2 is 2.10 bits per heavy atom. The fourth-order valence-corrected chi connectivity index (χ4v) is 0.484. The van der Waals surface area contributed by atoms with E-state index in [9.17, 15) is 8.42 Å². The lowest BCUT2D eigenvalue weighted by atomic mass is 10.7. The van der Waals surface area contributed by atoms with Gasteiger partial charge in [-0.2, -0.15) is 0 Å². The molecule has 0 unspecified atom stereocenters. The van der Waals surface area contributed by atoms with Crippen LogP contribution in [-0.4, -0.2) is 20.9 Å². The average molecular weight is 159 g/mol. The SMILES string of the molecule is C=C/C=N\C(=C)S(C)(=O)=O. The highest BCUT2D eigenvalue weighted by molar-refractivity contribution is 7.94. The maximum atomic E-state index is 10.6. The van der Waals surface area contributed by atoms with Gasteiger partial charge in [-0.05, 0) is 0 Å². The number of nitrogens with zero attached hydrogens (tertiary/aromatic N) is 1. The van der Waals surface area contributed by atoms with Gasteiger partial charge in [-0.1, -0.05) is 19.2 Å². The number of hydrogen-bond donors (Lipinski definition) is 0. The van der Waals surface area contributed by atoms with E-state index in [1.807, 2.05) is 0 Å². The molecule has 3 nitrogen and oxygen atoms in total. The average Bonchev–Trinajstić information content (AvgIpc) is 1.80. The van der Waals surface area contributed by atoms with Crippen LogP contribution in [-0.2, 0) is 9.84 Å². The summed E-state index contributed by atoms with van der Waals surface area (Å²) in [5, 5.41) is -0.146. The number of aliphatic imine (C=N–C) groups is 1. The van der Waals surface area contributed by atoms with Crippen LogP contribution in [0.1, 0.15) is 0 Å². The fraction of sp³-hybridized carbons (Fsp3) is 0.167. The summed E-state index contributed by atoms with van der Waals surface area (Å²) in [6.07, 6.45) is 3.72. The van der Waals surface area contributed by atoms with Gasteiger partial charge in [-0.15, -0.1) is 0 Å². The highest BCUT2D eigenvalue weighted by atomic mass is 32.2. The second-order valence-corrected chi connectivity index (χ2v) is 3.70. The summed E-state index contributed by atoms with van der Waals surface area (Å²) in [4.78, 5) is 3.49. The first-order valence-electron chi connectivity index (χ1n) is 2.52. The summed E-state index contributed by atoms with van der Waals surface area (Å²) in [6, 6.07) is 0. The van der Waals surface area contributed by atoms with Crippen LogP contribution in [0.15, 0.2) is 29.3 Å². The Morgan fingerprint density at radius 1 is 1.60 bits per heavy atom. The van der Waals surface area contributed by atoms with Crippen molar-refractivity contribution in [3.8, 4) is 0 Å². The molecule has 0 heterocycles. The number of hydrogen-bond acceptors (Lipinski definition) is 3. The van der Waals surface area contributed by atoms with Crippen LogP contribution < -0.4 is 0 Å². The van der Waals surface area contributed by atoms with Crippen molar-refractivity contribution in [2.45, 2.75) is 0 Å². The smallest absolute Gasteiger partial charge is 0.192 e. The summed E-state index contributed by atoms with van der Waals surface area (Å²) in [6.45, 7) is 6.56. The zero-order chi connectivity index (χ0) is 8.20. The van der Waals surface area contributed by atoms with E-state index in [1.165, 1.54) is 12.3 Å². The highest BCUT2D eigenvalue weighted by Gasteiger charge is 2.03. The van der Waals surface area contributed by atoms with E-state index in [4.69, 9.17) is 0 Å². The van der Waals surface area contributed by atoms with Crippen molar-refractivity contribution in [2.75, 3.05) is 6.26 Å². The molecule has 0 amide bonds. The van der Waals surface area contributed by atoms with Gasteiger partial charge in [0.1, 0.15) is 5.03 Å². The molecular weight excluding hydrogens is 150 g/mol. The van der Waals surface area contributed by atoms with E-state index in [2.05, 4.69) is 18.2 Å². The minimum Gasteiger partial charge on any atom is -0.245 e. The quantitative estimate of drug-likeness (QED) is 0.571. The van der Waals surface area contributed by atoms with Crippen LogP contribution in [0.3, 0.4) is 0 Å². The first kappa shape index (κ1) is 9.10. The predicted molar refractivity (Wildman–Crippen MR) is 42.7 cm³/mol. The second-order valence-electron chi connectivity index (χ2n) is 1.68. The molecule has 0 saturated heterocycles. The van der Waals surface area contributed by atoms with Crippen LogP contribution in [0.5, 0.6) is 0 Å². The zero-order valence-electron chi connectivity index (χ0n) is 5.74.